The Morgan fingerprint density at radius 3 is 3.11 bits per heavy atom. The van der Waals surface area contributed by atoms with Crippen molar-refractivity contribution >= 4 is 28.5 Å². The highest BCUT2D eigenvalue weighted by Gasteiger charge is 1.96. The fourth-order valence-electron chi connectivity index (χ4n) is 0.396. The first-order valence-electron chi connectivity index (χ1n) is 2.24. The number of aromatic nitrogens is 1. The van der Waals surface area contributed by atoms with Crippen LogP contribution in [0.4, 0.5) is 5.13 Å². The van der Waals surface area contributed by atoms with Crippen LogP contribution in [0.2, 0.25) is 0 Å². The third-order valence-electron chi connectivity index (χ3n) is 0.670. The van der Waals surface area contributed by atoms with E-state index in [0.717, 1.165) is 0 Å². The van der Waals surface area contributed by atoms with Crippen molar-refractivity contribution in [2.75, 3.05) is 12.0 Å². The van der Waals surface area contributed by atoms with Gasteiger partial charge in [0.1, 0.15) is 0 Å². The molecular weight excluding hydrogens is 156 g/mol. The predicted octanol–water partition coefficient (Wildman–Crippen LogP) is 1.38. The van der Waals surface area contributed by atoms with Crippen molar-refractivity contribution in [3.63, 3.8) is 0 Å². The van der Waals surface area contributed by atoms with Gasteiger partial charge in [0.15, 0.2) is 5.13 Å². The second-order valence-electron chi connectivity index (χ2n) is 1.27. The Hall–Kier alpha value is -0.420. The molecule has 0 radical (unpaired) electrons. The Balaban J connectivity index is 2.61. The van der Waals surface area contributed by atoms with Gasteiger partial charge in [-0.15, -0.1) is 11.3 Å². The molecule has 3 nitrogen and oxygen atoms in total. The van der Waals surface area contributed by atoms with E-state index in [4.69, 9.17) is 9.92 Å². The second-order valence-corrected chi connectivity index (χ2v) is 2.66. The molecule has 0 atom stereocenters. The summed E-state index contributed by atoms with van der Waals surface area (Å²) in [6.45, 7) is 0. The number of hydrogen-bond donors (Lipinski definition) is 1. The molecule has 9 heavy (non-hydrogen) atoms. The lowest BCUT2D eigenvalue weighted by Gasteiger charge is -1.90. The van der Waals surface area contributed by atoms with Gasteiger partial charge in [-0.05, 0) is 0 Å². The highest BCUT2D eigenvalue weighted by Crippen LogP contribution is 2.19. The Labute approximate surface area is 61.4 Å². The molecule has 1 heterocycles. The predicted molar refractivity (Wildman–Crippen MR) is 40.7 cm³/mol. The molecule has 0 unspecified atom stereocenters. The van der Waals surface area contributed by atoms with Gasteiger partial charge in [-0.25, -0.2) is 0 Å². The summed E-state index contributed by atoms with van der Waals surface area (Å²) in [7, 11) is 0. The fourth-order valence-corrected chi connectivity index (χ4v) is 1.18. The van der Waals surface area contributed by atoms with E-state index in [2.05, 4.69) is 4.98 Å². The molecule has 2 N–H and O–H groups in total. The molecular formula is C4H6N2OS2. The summed E-state index contributed by atoms with van der Waals surface area (Å²) in [6.07, 6.45) is 1.83. The van der Waals surface area contributed by atoms with Crippen molar-refractivity contribution in [2.24, 2.45) is 0 Å². The lowest BCUT2D eigenvalue weighted by atomic mass is 10.9. The molecule has 50 valence electrons. The molecule has 1 aromatic heterocycles. The summed E-state index contributed by atoms with van der Waals surface area (Å²) < 4.78 is 4.96. The number of anilines is 1. The molecule has 0 bridgehead atoms. The smallest absolute Gasteiger partial charge is 0.240 e. The van der Waals surface area contributed by atoms with Gasteiger partial charge in [0.05, 0.1) is 17.4 Å². The normalized spacial score (nSPS) is 9.44. The minimum Gasteiger partial charge on any atom is -0.405 e. The van der Waals surface area contributed by atoms with Gasteiger partial charge in [-0.3, -0.25) is 0 Å². The average Bonchev–Trinajstić information content (AvgIpc) is 2.17. The Morgan fingerprint density at radius 1 is 1.89 bits per heavy atom. The van der Waals surface area contributed by atoms with E-state index in [1.807, 2.05) is 6.26 Å². The van der Waals surface area contributed by atoms with Crippen LogP contribution in [0.1, 0.15) is 0 Å². The Kier molecular flexibility index (Phi) is 2.18. The zero-order valence-electron chi connectivity index (χ0n) is 4.83. The summed E-state index contributed by atoms with van der Waals surface area (Å²) >= 11 is 2.63. The maximum absolute atomic E-state index is 5.33. The highest BCUT2D eigenvalue weighted by atomic mass is 32.2. The zero-order valence-corrected chi connectivity index (χ0v) is 6.46. The minimum atomic E-state index is 0.541. The van der Waals surface area contributed by atoms with Gasteiger partial charge >= 0.3 is 0 Å². The molecule has 1 rings (SSSR count). The summed E-state index contributed by atoms with van der Waals surface area (Å²) in [6, 6.07) is 0. The number of rotatable bonds is 2. The molecule has 0 aromatic carbocycles. The van der Waals surface area contributed by atoms with Crippen LogP contribution in [0.5, 0.6) is 5.88 Å². The van der Waals surface area contributed by atoms with Crippen molar-refractivity contribution in [2.45, 2.75) is 0 Å². The third kappa shape index (κ3) is 1.76. The number of nitrogens with two attached hydrogens (primary N) is 1. The summed E-state index contributed by atoms with van der Waals surface area (Å²) in [5.74, 6) is 0.588. The van der Waals surface area contributed by atoms with Crippen LogP contribution in [-0.4, -0.2) is 11.2 Å². The maximum atomic E-state index is 5.33. The zero-order chi connectivity index (χ0) is 6.69. The van der Waals surface area contributed by atoms with E-state index < -0.39 is 0 Å². The number of hydrogen-bond acceptors (Lipinski definition) is 5. The molecule has 0 amide bonds. The SMILES string of the molecule is CSOc1csc(N)n1. The van der Waals surface area contributed by atoms with Crippen LogP contribution < -0.4 is 9.92 Å². The van der Waals surface area contributed by atoms with E-state index in [-0.39, 0.29) is 0 Å². The molecule has 0 saturated carbocycles. The van der Waals surface area contributed by atoms with Gasteiger partial charge < -0.3 is 9.92 Å². The van der Waals surface area contributed by atoms with E-state index >= 15 is 0 Å². The van der Waals surface area contributed by atoms with Gasteiger partial charge in [-0.2, -0.15) is 4.98 Å². The molecule has 5 heteroatoms. The summed E-state index contributed by atoms with van der Waals surface area (Å²) in [4.78, 5) is 3.85. The lowest BCUT2D eigenvalue weighted by Crippen LogP contribution is -1.82. The Morgan fingerprint density at radius 2 is 2.67 bits per heavy atom. The van der Waals surface area contributed by atoms with Gasteiger partial charge in [0.2, 0.25) is 5.88 Å². The maximum Gasteiger partial charge on any atom is 0.240 e. The molecule has 0 fully saturated rings. The van der Waals surface area contributed by atoms with Crippen LogP contribution in [0.15, 0.2) is 5.38 Å². The first-order valence-corrected chi connectivity index (χ1v) is 4.27. The topological polar surface area (TPSA) is 48.1 Å². The number of nitrogen functional groups attached to an aromatic ring is 1. The summed E-state index contributed by atoms with van der Waals surface area (Å²) in [5, 5.41) is 2.31. The first-order chi connectivity index (χ1) is 4.33. The largest absolute Gasteiger partial charge is 0.405 e. The third-order valence-corrected chi connectivity index (χ3v) is 1.66. The molecule has 0 spiro atoms. The minimum absolute atomic E-state index is 0.541. The standard InChI is InChI=1S/C4H6N2OS2/c1-8-7-3-2-9-4(5)6-3/h2H,1H3,(H2,5,6). The van der Waals surface area contributed by atoms with Crippen LogP contribution in [-0.2, 0) is 0 Å². The van der Waals surface area contributed by atoms with E-state index in [1.54, 1.807) is 5.38 Å². The van der Waals surface area contributed by atoms with Crippen molar-refractivity contribution in [1.82, 2.24) is 4.98 Å². The van der Waals surface area contributed by atoms with Crippen molar-refractivity contribution in [3.05, 3.63) is 5.38 Å². The molecule has 0 aliphatic rings. The fraction of sp³-hybridized carbons (Fsp3) is 0.250. The van der Waals surface area contributed by atoms with Crippen LogP contribution >= 0.6 is 23.4 Å². The van der Waals surface area contributed by atoms with Crippen molar-refractivity contribution in [3.8, 4) is 5.88 Å². The highest BCUT2D eigenvalue weighted by molar-refractivity contribution is 7.94. The number of nitrogens with zero attached hydrogens (tertiary/aromatic N) is 1. The van der Waals surface area contributed by atoms with Crippen molar-refractivity contribution in [1.29, 1.82) is 0 Å². The van der Waals surface area contributed by atoms with E-state index in [9.17, 15) is 0 Å². The van der Waals surface area contributed by atoms with Gasteiger partial charge in [0.25, 0.3) is 0 Å². The first kappa shape index (κ1) is 6.70. The molecule has 1 aromatic rings. The monoisotopic (exact) mass is 162 g/mol. The van der Waals surface area contributed by atoms with Gasteiger partial charge in [0, 0.05) is 6.26 Å². The van der Waals surface area contributed by atoms with E-state index in [0.29, 0.717) is 11.0 Å². The Bertz CT molecular complexity index is 188. The molecule has 0 aliphatic carbocycles. The van der Waals surface area contributed by atoms with Crippen molar-refractivity contribution < 1.29 is 4.18 Å². The van der Waals surface area contributed by atoms with Gasteiger partial charge in [-0.1, -0.05) is 0 Å². The second kappa shape index (κ2) is 2.93. The quantitative estimate of drug-likeness (QED) is 0.667. The molecule has 0 saturated heterocycles. The molecule has 0 aliphatic heterocycles. The summed E-state index contributed by atoms with van der Waals surface area (Å²) in [5.41, 5.74) is 5.33. The van der Waals surface area contributed by atoms with Crippen LogP contribution in [0.25, 0.3) is 0 Å². The lowest BCUT2D eigenvalue weighted by molar-refractivity contribution is 0.627. The number of thiazole rings is 1. The van der Waals surface area contributed by atoms with Crippen LogP contribution in [0.3, 0.4) is 0 Å². The van der Waals surface area contributed by atoms with E-state index in [1.165, 1.54) is 23.4 Å². The van der Waals surface area contributed by atoms with Crippen LogP contribution in [0, 0.1) is 0 Å². The average molecular weight is 162 g/mol.